The van der Waals surface area contributed by atoms with E-state index >= 15 is 0 Å². The molecule has 0 saturated carbocycles. The topological polar surface area (TPSA) is 31.4 Å². The molecular weight excluding hydrogens is 245 g/mol. The van der Waals surface area contributed by atoms with Gasteiger partial charge in [0.25, 0.3) is 0 Å². The van der Waals surface area contributed by atoms with Gasteiger partial charge in [0.1, 0.15) is 5.76 Å². The molecule has 0 unspecified atom stereocenters. The Labute approximate surface area is 114 Å². The summed E-state index contributed by atoms with van der Waals surface area (Å²) < 4.78 is 24.5. The van der Waals surface area contributed by atoms with Crippen LogP contribution in [0, 0.1) is 11.4 Å². The van der Waals surface area contributed by atoms with Gasteiger partial charge in [-0.25, -0.2) is 0 Å². The molecule has 0 spiro atoms. The van der Waals surface area contributed by atoms with Crippen LogP contribution in [-0.4, -0.2) is 17.2 Å². The minimum absolute atomic E-state index is 0.221. The van der Waals surface area contributed by atoms with Crippen LogP contribution < -0.4 is 4.74 Å². The molecule has 0 saturated heterocycles. The Morgan fingerprint density at radius 1 is 1.32 bits per heavy atom. The van der Waals surface area contributed by atoms with Crippen LogP contribution in [0.25, 0.3) is 0 Å². The molecule has 1 heterocycles. The van der Waals surface area contributed by atoms with E-state index in [2.05, 4.69) is 11.6 Å². The fourth-order valence-corrected chi connectivity index (χ4v) is 1.60. The van der Waals surface area contributed by atoms with Crippen molar-refractivity contribution in [3.63, 3.8) is 0 Å². The summed E-state index contributed by atoms with van der Waals surface area (Å²) in [6.07, 6.45) is 0. The first-order valence-corrected chi connectivity index (χ1v) is 6.34. The number of aromatic nitrogens is 1. The third kappa shape index (κ3) is 3.46. The number of hydrogen-bond donors (Lipinski definition) is 0. The van der Waals surface area contributed by atoms with E-state index in [4.69, 9.17) is 9.47 Å². The Morgan fingerprint density at radius 3 is 2.42 bits per heavy atom. The van der Waals surface area contributed by atoms with Crippen molar-refractivity contribution in [2.24, 2.45) is 5.41 Å². The Morgan fingerprint density at radius 2 is 1.95 bits per heavy atom. The first kappa shape index (κ1) is 15.5. The lowest BCUT2D eigenvalue weighted by Gasteiger charge is -2.42. The summed E-state index contributed by atoms with van der Waals surface area (Å²) in [5.74, 6) is 0.155. The van der Waals surface area contributed by atoms with Crippen molar-refractivity contribution in [1.82, 2.24) is 4.98 Å². The van der Waals surface area contributed by atoms with E-state index in [1.54, 1.807) is 12.1 Å². The average Bonchev–Trinajstić information content (AvgIpc) is 2.27. The van der Waals surface area contributed by atoms with Crippen molar-refractivity contribution >= 4 is 0 Å². The van der Waals surface area contributed by atoms with Crippen LogP contribution in [0.3, 0.4) is 0 Å². The van der Waals surface area contributed by atoms with E-state index in [-0.39, 0.29) is 11.3 Å². The van der Waals surface area contributed by atoms with E-state index in [1.165, 1.54) is 6.07 Å². The van der Waals surface area contributed by atoms with Crippen molar-refractivity contribution in [2.75, 3.05) is 6.61 Å². The molecule has 0 aliphatic rings. The van der Waals surface area contributed by atoms with E-state index in [0.717, 1.165) is 0 Å². The molecule has 0 fully saturated rings. The van der Waals surface area contributed by atoms with Crippen molar-refractivity contribution in [3.05, 3.63) is 36.5 Å². The van der Waals surface area contributed by atoms with Crippen LogP contribution in [0.2, 0.25) is 0 Å². The molecule has 0 N–H and O–H groups in total. The van der Waals surface area contributed by atoms with Crippen LogP contribution in [0.1, 0.15) is 34.6 Å². The summed E-state index contributed by atoms with van der Waals surface area (Å²) in [7, 11) is 0. The number of nitrogens with zero attached hydrogens (tertiary/aromatic N) is 1. The molecule has 0 aliphatic carbocycles. The lowest BCUT2D eigenvalue weighted by molar-refractivity contribution is -0.0340. The molecule has 1 atom stereocenters. The second-order valence-electron chi connectivity index (χ2n) is 5.54. The van der Waals surface area contributed by atoms with Crippen LogP contribution in [-0.2, 0) is 4.74 Å². The summed E-state index contributed by atoms with van der Waals surface area (Å²) >= 11 is 0. The summed E-state index contributed by atoms with van der Waals surface area (Å²) in [4.78, 5) is 3.73. The summed E-state index contributed by atoms with van der Waals surface area (Å²) in [6, 6.07) is 4.45. The molecule has 1 aromatic rings. The lowest BCUT2D eigenvalue weighted by Crippen LogP contribution is -2.47. The molecular formula is C15H22FNO2. The van der Waals surface area contributed by atoms with Crippen molar-refractivity contribution in [3.8, 4) is 5.88 Å². The molecule has 0 aliphatic heterocycles. The minimum Gasteiger partial charge on any atom is -0.495 e. The van der Waals surface area contributed by atoms with Gasteiger partial charge >= 0.3 is 0 Å². The molecule has 1 rings (SSSR count). The molecule has 0 amide bonds. The molecule has 0 aromatic carbocycles. The largest absolute Gasteiger partial charge is 0.495 e. The SMILES string of the molecule is C=C(OCC)[C@@](C)(Oc1cccc(F)n1)C(C)(C)C. The Kier molecular flexibility index (Phi) is 4.56. The molecule has 1 aromatic heterocycles. The van der Waals surface area contributed by atoms with E-state index < -0.39 is 11.5 Å². The van der Waals surface area contributed by atoms with Crippen LogP contribution >= 0.6 is 0 Å². The second kappa shape index (κ2) is 5.59. The minimum atomic E-state index is -0.802. The standard InChI is InChI=1S/C15H22FNO2/c1-7-18-11(2)15(6,14(3,4)5)19-13-10-8-9-12(16)17-13/h8-10H,2,7H2,1,3-6H3/t15-/m1/s1. The van der Waals surface area contributed by atoms with Gasteiger partial charge in [-0.1, -0.05) is 33.4 Å². The molecule has 0 bridgehead atoms. The van der Waals surface area contributed by atoms with E-state index in [9.17, 15) is 4.39 Å². The maximum Gasteiger partial charge on any atom is 0.216 e. The smallest absolute Gasteiger partial charge is 0.216 e. The van der Waals surface area contributed by atoms with Crippen molar-refractivity contribution < 1.29 is 13.9 Å². The first-order valence-electron chi connectivity index (χ1n) is 6.34. The number of halogens is 1. The number of ether oxygens (including phenoxy) is 2. The number of rotatable bonds is 5. The molecule has 19 heavy (non-hydrogen) atoms. The van der Waals surface area contributed by atoms with Crippen LogP contribution in [0.5, 0.6) is 5.88 Å². The van der Waals surface area contributed by atoms with E-state index in [1.807, 2.05) is 34.6 Å². The molecule has 4 heteroatoms. The Bertz CT molecular complexity index is 454. The zero-order valence-corrected chi connectivity index (χ0v) is 12.3. The first-order chi connectivity index (χ1) is 8.70. The predicted octanol–water partition coefficient (Wildman–Crippen LogP) is 3.95. The van der Waals surface area contributed by atoms with Crippen molar-refractivity contribution in [1.29, 1.82) is 0 Å². The maximum atomic E-state index is 13.1. The molecule has 106 valence electrons. The summed E-state index contributed by atoms with van der Waals surface area (Å²) in [6.45, 7) is 14.2. The fraction of sp³-hybridized carbons (Fsp3) is 0.533. The van der Waals surface area contributed by atoms with Gasteiger partial charge in [-0.05, 0) is 19.9 Å². The van der Waals surface area contributed by atoms with Crippen LogP contribution in [0.4, 0.5) is 4.39 Å². The number of hydrogen-bond acceptors (Lipinski definition) is 3. The van der Waals surface area contributed by atoms with Gasteiger partial charge in [0.2, 0.25) is 11.8 Å². The second-order valence-corrected chi connectivity index (χ2v) is 5.54. The van der Waals surface area contributed by atoms with Gasteiger partial charge in [0.15, 0.2) is 5.60 Å². The summed E-state index contributed by atoms with van der Waals surface area (Å²) in [5, 5.41) is 0. The maximum absolute atomic E-state index is 13.1. The highest BCUT2D eigenvalue weighted by molar-refractivity contribution is 5.18. The van der Waals surface area contributed by atoms with Gasteiger partial charge in [-0.15, -0.1) is 0 Å². The van der Waals surface area contributed by atoms with Gasteiger partial charge in [0, 0.05) is 11.5 Å². The number of pyridine rings is 1. The van der Waals surface area contributed by atoms with Gasteiger partial charge in [-0.2, -0.15) is 9.37 Å². The third-order valence-electron chi connectivity index (χ3n) is 3.28. The van der Waals surface area contributed by atoms with Gasteiger partial charge < -0.3 is 9.47 Å². The van der Waals surface area contributed by atoms with Gasteiger partial charge in [-0.3, -0.25) is 0 Å². The Balaban J connectivity index is 3.09. The lowest BCUT2D eigenvalue weighted by atomic mass is 9.76. The zero-order valence-electron chi connectivity index (χ0n) is 12.3. The quantitative estimate of drug-likeness (QED) is 0.598. The fourth-order valence-electron chi connectivity index (χ4n) is 1.60. The zero-order chi connectivity index (χ0) is 14.7. The normalized spacial score (nSPS) is 14.6. The summed E-state index contributed by atoms with van der Waals surface area (Å²) in [5.41, 5.74) is -1.09. The highest BCUT2D eigenvalue weighted by atomic mass is 19.1. The average molecular weight is 267 g/mol. The van der Waals surface area contributed by atoms with Crippen LogP contribution in [0.15, 0.2) is 30.5 Å². The Hall–Kier alpha value is -1.58. The van der Waals surface area contributed by atoms with E-state index in [0.29, 0.717) is 12.4 Å². The van der Waals surface area contributed by atoms with Gasteiger partial charge in [0.05, 0.1) is 6.61 Å². The predicted molar refractivity (Wildman–Crippen MR) is 73.4 cm³/mol. The molecule has 0 radical (unpaired) electrons. The third-order valence-corrected chi connectivity index (χ3v) is 3.28. The van der Waals surface area contributed by atoms with Crippen molar-refractivity contribution in [2.45, 2.75) is 40.2 Å². The molecule has 3 nitrogen and oxygen atoms in total. The monoisotopic (exact) mass is 267 g/mol. The highest BCUT2D eigenvalue weighted by Gasteiger charge is 2.44. The highest BCUT2D eigenvalue weighted by Crippen LogP contribution is 2.39.